The highest BCUT2D eigenvalue weighted by atomic mass is 31.2. The highest BCUT2D eigenvalue weighted by Gasteiger charge is 2.36. The van der Waals surface area contributed by atoms with E-state index >= 15 is 0 Å². The quantitative estimate of drug-likeness (QED) is 0.0204. The zero-order valence-corrected chi connectivity index (χ0v) is 31.6. The Hall–Kier alpha value is -0.280. The molecule has 0 aromatic carbocycles. The summed E-state index contributed by atoms with van der Waals surface area (Å²) in [7, 11) is -12.6. The van der Waals surface area contributed by atoms with Crippen LogP contribution in [0.2, 0.25) is 0 Å². The van der Waals surface area contributed by atoms with Crippen LogP contribution in [0.3, 0.4) is 0 Å². The molecule has 0 saturated heterocycles. The van der Waals surface area contributed by atoms with Gasteiger partial charge in [0, 0.05) is 0 Å². The van der Waals surface area contributed by atoms with Crippen LogP contribution >= 0.6 is 22.8 Å². The molecule has 0 bridgehead atoms. The Morgan fingerprint density at radius 3 is 1.23 bits per heavy atom. The molecule has 0 heterocycles. The lowest BCUT2D eigenvalue weighted by Gasteiger charge is -2.39. The largest absolute Gasteiger partial charge is 0.633 e. The number of rotatable bonds is 33. The number of hydrogen-bond acceptors (Lipinski definition) is 8. The van der Waals surface area contributed by atoms with E-state index in [4.69, 9.17) is 43.6 Å². The molecule has 0 aliphatic rings. The van der Waals surface area contributed by atoms with Crippen LogP contribution in [0, 0.1) is 5.21 Å². The molecule has 0 aliphatic carbocycles. The average molecular weight is 757 g/mol. The summed E-state index contributed by atoms with van der Waals surface area (Å²) in [5, 5.41) is 15.5. The van der Waals surface area contributed by atoms with Crippen LogP contribution in [-0.4, -0.2) is 104 Å². The van der Waals surface area contributed by atoms with Gasteiger partial charge in [0.25, 0.3) is 0 Å². The molecule has 0 aliphatic heterocycles. The topological polar surface area (TPSA) is 252 Å². The summed E-state index contributed by atoms with van der Waals surface area (Å²) >= 11 is 0. The number of ether oxygens (including phenoxy) is 3. The van der Waals surface area contributed by atoms with Crippen molar-refractivity contribution in [1.82, 2.24) is 5.32 Å². The molecule has 1 amide bonds. The van der Waals surface area contributed by atoms with Gasteiger partial charge in [0.15, 0.2) is 0 Å². The van der Waals surface area contributed by atoms with Crippen molar-refractivity contribution in [1.29, 1.82) is 0 Å². The van der Waals surface area contributed by atoms with Crippen molar-refractivity contribution in [2.45, 2.75) is 122 Å². The standard InChI is InChI=1S/C29H63N2O14P3/c1-3-4-5-6-7-8-9-10-11-12-13-14-15-16-17-18-20-31(2,33)21-19-28(32)30-29(22-43-25-46(34,35)36,23-44-26-47(37,38)39)24-45-27-48(40,41)42/h3-27H2,1-2H3,(H,30,32)(H2,34,35,36)(H2,37,38,39)(H2,40,41,42). The number of carbonyl (C=O) groups is 1. The molecule has 0 radical (unpaired) electrons. The number of nitrogens with one attached hydrogen (secondary N) is 1. The maximum absolute atomic E-state index is 13.0. The van der Waals surface area contributed by atoms with Crippen LogP contribution in [0.15, 0.2) is 0 Å². The van der Waals surface area contributed by atoms with Gasteiger partial charge in [0.2, 0.25) is 5.91 Å². The number of unbranched alkanes of at least 4 members (excludes halogenated alkanes) is 15. The predicted molar refractivity (Wildman–Crippen MR) is 183 cm³/mol. The second-order valence-electron chi connectivity index (χ2n) is 13.1. The minimum Gasteiger partial charge on any atom is -0.633 e. The summed E-state index contributed by atoms with van der Waals surface area (Å²) in [5.74, 6) is -0.735. The maximum Gasteiger partial charge on any atom is 0.350 e. The number of nitrogens with zero attached hydrogens (tertiary/aromatic N) is 1. The van der Waals surface area contributed by atoms with Gasteiger partial charge in [-0.05, 0) is 12.8 Å². The molecule has 0 saturated carbocycles. The molecule has 0 rings (SSSR count). The summed E-state index contributed by atoms with van der Waals surface area (Å²) in [6.07, 6.45) is 15.8. The Bertz CT molecular complexity index is 917. The smallest absolute Gasteiger partial charge is 0.350 e. The van der Waals surface area contributed by atoms with E-state index in [9.17, 15) is 23.7 Å². The van der Waals surface area contributed by atoms with Crippen molar-refractivity contribution >= 4 is 28.7 Å². The van der Waals surface area contributed by atoms with E-state index in [2.05, 4.69) is 12.2 Å². The SMILES string of the molecule is CCCCCCCCCCCCCCCCCC[N+](C)([O-])CCC(=O)NC(COCP(=O)(O)O)(COCP(=O)(O)O)COCP(=O)(O)O. The highest BCUT2D eigenvalue weighted by Crippen LogP contribution is 2.37. The summed E-state index contributed by atoms with van der Waals surface area (Å²) in [6, 6.07) is 0. The Labute approximate surface area is 286 Å². The molecule has 288 valence electrons. The van der Waals surface area contributed by atoms with Crippen LogP contribution in [-0.2, 0) is 32.7 Å². The summed E-state index contributed by atoms with van der Waals surface area (Å²) < 4.78 is 48.2. The molecule has 16 nitrogen and oxygen atoms in total. The van der Waals surface area contributed by atoms with Gasteiger partial charge >= 0.3 is 22.8 Å². The van der Waals surface area contributed by atoms with Gasteiger partial charge in [-0.15, -0.1) is 0 Å². The lowest BCUT2D eigenvalue weighted by molar-refractivity contribution is -0.860. The molecule has 0 spiro atoms. The van der Waals surface area contributed by atoms with Crippen molar-refractivity contribution < 1.29 is 66.7 Å². The Kier molecular flexibility index (Phi) is 25.5. The van der Waals surface area contributed by atoms with Gasteiger partial charge < -0.3 is 58.7 Å². The monoisotopic (exact) mass is 756 g/mol. The number of hydroxylamine groups is 3. The van der Waals surface area contributed by atoms with Crippen LogP contribution in [0.25, 0.3) is 0 Å². The van der Waals surface area contributed by atoms with Gasteiger partial charge in [0.1, 0.15) is 24.6 Å². The van der Waals surface area contributed by atoms with Crippen molar-refractivity contribution in [3.8, 4) is 0 Å². The molecule has 48 heavy (non-hydrogen) atoms. The summed E-state index contributed by atoms with van der Waals surface area (Å²) in [6.45, 7) is 0.270. The fourth-order valence-corrected chi connectivity index (χ4v) is 6.10. The molecule has 1 unspecified atom stereocenters. The Balaban J connectivity index is 4.69. The van der Waals surface area contributed by atoms with Gasteiger partial charge in [-0.25, -0.2) is 0 Å². The summed E-state index contributed by atoms with van der Waals surface area (Å²) in [4.78, 5) is 67.8. The zero-order valence-electron chi connectivity index (χ0n) is 28.9. The van der Waals surface area contributed by atoms with E-state index in [1.165, 1.54) is 84.1 Å². The van der Waals surface area contributed by atoms with E-state index in [0.29, 0.717) is 13.0 Å². The van der Waals surface area contributed by atoms with Crippen LogP contribution in [0.1, 0.15) is 116 Å². The number of quaternary nitrogens is 1. The lowest BCUT2D eigenvalue weighted by atomic mass is 10.0. The molecule has 0 aromatic heterocycles. The van der Waals surface area contributed by atoms with Gasteiger partial charge in [-0.2, -0.15) is 0 Å². The molecule has 0 aromatic rings. The minimum atomic E-state index is -4.67. The fraction of sp³-hybridized carbons (Fsp3) is 0.966. The zero-order chi connectivity index (χ0) is 36.6. The fourth-order valence-electron chi connectivity index (χ4n) is 5.12. The van der Waals surface area contributed by atoms with E-state index in [-0.39, 0.29) is 13.0 Å². The lowest BCUT2D eigenvalue weighted by Crippen LogP contribution is -2.59. The second-order valence-corrected chi connectivity index (χ2v) is 17.8. The summed E-state index contributed by atoms with van der Waals surface area (Å²) in [5.41, 5.74) is -1.86. The Morgan fingerprint density at radius 1 is 0.604 bits per heavy atom. The van der Waals surface area contributed by atoms with E-state index in [0.717, 1.165) is 19.3 Å². The minimum absolute atomic E-state index is 0.114. The third-order valence-electron chi connectivity index (χ3n) is 7.61. The molecular formula is C29H63N2O14P3. The van der Waals surface area contributed by atoms with Crippen molar-refractivity contribution in [3.63, 3.8) is 0 Å². The molecule has 1 atom stereocenters. The maximum atomic E-state index is 13.0. The van der Waals surface area contributed by atoms with Gasteiger partial charge in [-0.1, -0.05) is 96.8 Å². The second kappa shape index (κ2) is 25.6. The van der Waals surface area contributed by atoms with E-state index < -0.39 is 77.7 Å². The van der Waals surface area contributed by atoms with Gasteiger partial charge in [-0.3, -0.25) is 18.5 Å². The first-order valence-corrected chi connectivity index (χ1v) is 22.4. The van der Waals surface area contributed by atoms with Crippen molar-refractivity contribution in [2.24, 2.45) is 0 Å². The Morgan fingerprint density at radius 2 is 0.917 bits per heavy atom. The first-order valence-electron chi connectivity index (χ1n) is 17.0. The van der Waals surface area contributed by atoms with E-state index in [1.807, 2.05) is 0 Å². The molecular weight excluding hydrogens is 693 g/mol. The third kappa shape index (κ3) is 31.7. The van der Waals surface area contributed by atoms with Crippen LogP contribution in [0.5, 0.6) is 0 Å². The first kappa shape index (κ1) is 47.7. The normalized spacial score (nSPS) is 14.3. The van der Waals surface area contributed by atoms with Crippen LogP contribution < -0.4 is 5.32 Å². The molecule has 19 heteroatoms. The van der Waals surface area contributed by atoms with Crippen molar-refractivity contribution in [3.05, 3.63) is 5.21 Å². The molecule has 7 N–H and O–H groups in total. The first-order chi connectivity index (χ1) is 22.3. The van der Waals surface area contributed by atoms with Gasteiger partial charge in [0.05, 0.1) is 46.4 Å². The average Bonchev–Trinajstić information content (AvgIpc) is 2.94. The third-order valence-corrected chi connectivity index (χ3v) is 9.17. The predicted octanol–water partition coefficient (Wildman–Crippen LogP) is 4.89. The highest BCUT2D eigenvalue weighted by molar-refractivity contribution is 7.52. The van der Waals surface area contributed by atoms with E-state index in [1.54, 1.807) is 0 Å². The van der Waals surface area contributed by atoms with Crippen molar-refractivity contribution in [2.75, 3.05) is 59.0 Å². The number of carbonyl (C=O) groups excluding carboxylic acids is 1. The van der Waals surface area contributed by atoms with Crippen LogP contribution in [0.4, 0.5) is 0 Å². The number of hydrogen-bond donors (Lipinski definition) is 7. The number of amides is 1. The molecule has 0 fully saturated rings.